The van der Waals surface area contributed by atoms with Gasteiger partial charge in [-0.25, -0.2) is 0 Å². The smallest absolute Gasteiger partial charge is 0.228 e. The van der Waals surface area contributed by atoms with Crippen molar-refractivity contribution < 1.29 is 9.26 Å². The van der Waals surface area contributed by atoms with Gasteiger partial charge in [-0.1, -0.05) is 36.7 Å². The Bertz CT molecular complexity index is 597. The second-order valence-electron chi connectivity index (χ2n) is 5.53. The second kappa shape index (κ2) is 6.26. The summed E-state index contributed by atoms with van der Waals surface area (Å²) in [5, 5.41) is 4.15. The molecule has 2 heterocycles. The Morgan fingerprint density at radius 3 is 3.10 bits per heavy atom. The summed E-state index contributed by atoms with van der Waals surface area (Å²) in [5.74, 6) is 2.44. The van der Waals surface area contributed by atoms with Gasteiger partial charge in [-0.05, 0) is 18.9 Å². The van der Waals surface area contributed by atoms with Crippen LogP contribution < -0.4 is 10.5 Å². The number of rotatable bonds is 5. The first-order valence-corrected chi connectivity index (χ1v) is 7.57. The quantitative estimate of drug-likeness (QED) is 0.915. The van der Waals surface area contributed by atoms with E-state index in [9.17, 15) is 0 Å². The van der Waals surface area contributed by atoms with E-state index < -0.39 is 0 Å². The lowest BCUT2D eigenvalue weighted by Crippen LogP contribution is -2.22. The molecule has 0 amide bonds. The van der Waals surface area contributed by atoms with Crippen molar-refractivity contribution in [1.29, 1.82) is 0 Å². The van der Waals surface area contributed by atoms with Gasteiger partial charge in [0.15, 0.2) is 5.82 Å². The Morgan fingerprint density at radius 1 is 1.38 bits per heavy atom. The molecule has 2 unspecified atom stereocenters. The number of aromatic nitrogens is 2. The van der Waals surface area contributed by atoms with Crippen LogP contribution >= 0.6 is 0 Å². The molecule has 1 aromatic carbocycles. The first-order chi connectivity index (χ1) is 10.3. The predicted octanol–water partition coefficient (Wildman–Crippen LogP) is 2.65. The molecule has 2 N–H and O–H groups in total. The van der Waals surface area contributed by atoms with E-state index in [1.165, 1.54) is 0 Å². The maximum absolute atomic E-state index is 6.03. The first-order valence-electron chi connectivity index (χ1n) is 7.57. The molecule has 2 atom stereocenters. The van der Waals surface area contributed by atoms with Crippen LogP contribution in [0.2, 0.25) is 0 Å². The molecule has 3 rings (SSSR count). The van der Waals surface area contributed by atoms with E-state index in [0.29, 0.717) is 18.9 Å². The Balaban J connectivity index is 1.78. The molecule has 0 saturated heterocycles. The summed E-state index contributed by atoms with van der Waals surface area (Å²) in [6.45, 7) is 2.80. The molecule has 0 radical (unpaired) electrons. The fourth-order valence-electron chi connectivity index (χ4n) is 2.80. The van der Waals surface area contributed by atoms with Gasteiger partial charge in [-0.2, -0.15) is 4.98 Å². The number of nitrogens with zero attached hydrogens (tertiary/aromatic N) is 2. The number of benzene rings is 1. The lowest BCUT2D eigenvalue weighted by atomic mass is 9.92. The Morgan fingerprint density at radius 2 is 2.24 bits per heavy atom. The maximum atomic E-state index is 6.03. The Kier molecular flexibility index (Phi) is 4.20. The fourth-order valence-corrected chi connectivity index (χ4v) is 2.80. The molecule has 21 heavy (non-hydrogen) atoms. The van der Waals surface area contributed by atoms with Crippen molar-refractivity contribution >= 4 is 0 Å². The number of nitrogens with two attached hydrogens (primary N) is 1. The molecular formula is C16H21N3O2. The third-order valence-electron chi connectivity index (χ3n) is 3.85. The summed E-state index contributed by atoms with van der Waals surface area (Å²) < 4.78 is 11.0. The topological polar surface area (TPSA) is 74.2 Å². The highest BCUT2D eigenvalue weighted by Crippen LogP contribution is 2.36. The van der Waals surface area contributed by atoms with Crippen LogP contribution in [0.5, 0.6) is 5.75 Å². The highest BCUT2D eigenvalue weighted by Gasteiger charge is 2.27. The van der Waals surface area contributed by atoms with Crippen LogP contribution in [0.1, 0.15) is 49.4 Å². The minimum absolute atomic E-state index is 0.0882. The van der Waals surface area contributed by atoms with Crippen molar-refractivity contribution in [3.63, 3.8) is 0 Å². The zero-order valence-corrected chi connectivity index (χ0v) is 12.3. The van der Waals surface area contributed by atoms with Crippen molar-refractivity contribution in [3.8, 4) is 5.75 Å². The summed E-state index contributed by atoms with van der Waals surface area (Å²) in [6.07, 6.45) is 3.55. The summed E-state index contributed by atoms with van der Waals surface area (Å²) >= 11 is 0. The van der Waals surface area contributed by atoms with Gasteiger partial charge in [-0.3, -0.25) is 0 Å². The lowest BCUT2D eigenvalue weighted by Gasteiger charge is -2.23. The molecule has 0 spiro atoms. The summed E-state index contributed by atoms with van der Waals surface area (Å²) in [6, 6.07) is 8.13. The van der Waals surface area contributed by atoms with Gasteiger partial charge in [0.25, 0.3) is 0 Å². The molecule has 5 nitrogen and oxygen atoms in total. The van der Waals surface area contributed by atoms with Crippen LogP contribution in [0.4, 0.5) is 0 Å². The van der Waals surface area contributed by atoms with Gasteiger partial charge in [0.2, 0.25) is 5.89 Å². The van der Waals surface area contributed by atoms with E-state index in [-0.39, 0.29) is 12.0 Å². The molecule has 1 aliphatic heterocycles. The molecule has 0 bridgehead atoms. The van der Waals surface area contributed by atoms with Gasteiger partial charge in [0.05, 0.1) is 12.5 Å². The van der Waals surface area contributed by atoms with Gasteiger partial charge in [-0.15, -0.1) is 0 Å². The van der Waals surface area contributed by atoms with E-state index in [2.05, 4.69) is 23.1 Å². The summed E-state index contributed by atoms with van der Waals surface area (Å²) in [4.78, 5) is 4.54. The molecule has 0 fully saturated rings. The standard InChI is InChI=1S/C16H21N3O2/c1-2-5-11(17)10-15-18-16(19-21-15)13-8-9-20-14-7-4-3-6-12(13)14/h3-4,6-7,11,13H,2,5,8-10,17H2,1H3. The van der Waals surface area contributed by atoms with E-state index >= 15 is 0 Å². The third kappa shape index (κ3) is 3.08. The van der Waals surface area contributed by atoms with E-state index in [4.69, 9.17) is 15.0 Å². The van der Waals surface area contributed by atoms with Crippen LogP contribution in [0, 0.1) is 0 Å². The second-order valence-corrected chi connectivity index (χ2v) is 5.53. The van der Waals surface area contributed by atoms with Gasteiger partial charge < -0.3 is 15.0 Å². The van der Waals surface area contributed by atoms with Crippen LogP contribution in [0.3, 0.4) is 0 Å². The zero-order valence-electron chi connectivity index (χ0n) is 12.3. The number of fused-ring (bicyclic) bond motifs is 1. The Labute approximate surface area is 124 Å². The number of para-hydroxylation sites is 1. The SMILES string of the molecule is CCCC(N)Cc1nc(C2CCOc3ccccc32)no1. The monoisotopic (exact) mass is 287 g/mol. The average Bonchev–Trinajstić information content (AvgIpc) is 2.95. The highest BCUT2D eigenvalue weighted by atomic mass is 16.5. The molecule has 0 saturated carbocycles. The molecule has 5 heteroatoms. The van der Waals surface area contributed by atoms with Crippen molar-refractivity contribution in [2.24, 2.45) is 5.73 Å². The van der Waals surface area contributed by atoms with Crippen molar-refractivity contribution in [1.82, 2.24) is 10.1 Å². The van der Waals surface area contributed by atoms with Crippen molar-refractivity contribution in [3.05, 3.63) is 41.5 Å². The number of ether oxygens (including phenoxy) is 1. The highest BCUT2D eigenvalue weighted by molar-refractivity contribution is 5.40. The van der Waals surface area contributed by atoms with Crippen LogP contribution in [-0.4, -0.2) is 22.8 Å². The van der Waals surface area contributed by atoms with Crippen molar-refractivity contribution in [2.45, 2.75) is 44.6 Å². The molecule has 2 aromatic rings. The molecule has 112 valence electrons. The van der Waals surface area contributed by atoms with Crippen LogP contribution in [-0.2, 0) is 6.42 Å². The van der Waals surface area contributed by atoms with Gasteiger partial charge in [0.1, 0.15) is 5.75 Å². The maximum Gasteiger partial charge on any atom is 0.228 e. The normalized spacial score (nSPS) is 18.9. The van der Waals surface area contributed by atoms with E-state index in [1.54, 1.807) is 0 Å². The largest absolute Gasteiger partial charge is 0.493 e. The molecule has 1 aliphatic rings. The van der Waals surface area contributed by atoms with Crippen LogP contribution in [0.25, 0.3) is 0 Å². The van der Waals surface area contributed by atoms with E-state index in [1.807, 2.05) is 18.2 Å². The molecule has 0 aliphatic carbocycles. The van der Waals surface area contributed by atoms with E-state index in [0.717, 1.165) is 36.4 Å². The van der Waals surface area contributed by atoms with Gasteiger partial charge in [0, 0.05) is 18.0 Å². The predicted molar refractivity (Wildman–Crippen MR) is 79.3 cm³/mol. The van der Waals surface area contributed by atoms with Crippen molar-refractivity contribution in [2.75, 3.05) is 6.61 Å². The average molecular weight is 287 g/mol. The Hall–Kier alpha value is -1.88. The zero-order chi connectivity index (χ0) is 14.7. The molecular weight excluding hydrogens is 266 g/mol. The number of hydrogen-bond acceptors (Lipinski definition) is 5. The number of hydrogen-bond donors (Lipinski definition) is 1. The molecule has 1 aromatic heterocycles. The summed E-state index contributed by atoms with van der Waals surface area (Å²) in [7, 11) is 0. The first kappa shape index (κ1) is 14.1. The fraction of sp³-hybridized carbons (Fsp3) is 0.500. The van der Waals surface area contributed by atoms with Gasteiger partial charge >= 0.3 is 0 Å². The minimum atomic E-state index is 0.0882. The van der Waals surface area contributed by atoms with Crippen LogP contribution in [0.15, 0.2) is 28.8 Å². The minimum Gasteiger partial charge on any atom is -0.493 e. The third-order valence-corrected chi connectivity index (χ3v) is 3.85. The lowest BCUT2D eigenvalue weighted by molar-refractivity contribution is 0.272. The summed E-state index contributed by atoms with van der Waals surface area (Å²) in [5.41, 5.74) is 7.17.